The van der Waals surface area contributed by atoms with Crippen LogP contribution in [0.3, 0.4) is 0 Å². The van der Waals surface area contributed by atoms with E-state index in [0.29, 0.717) is 16.8 Å². The predicted octanol–water partition coefficient (Wildman–Crippen LogP) is 5.35. The van der Waals surface area contributed by atoms with E-state index in [0.717, 1.165) is 22.6 Å². The number of nitriles is 1. The second-order valence-corrected chi connectivity index (χ2v) is 7.40. The molecule has 3 aromatic rings. The van der Waals surface area contributed by atoms with Gasteiger partial charge in [0.2, 0.25) is 0 Å². The average molecular weight is 470 g/mol. The predicted molar refractivity (Wildman–Crippen MR) is 99.8 cm³/mol. The number of hydrogen-bond acceptors (Lipinski definition) is 3. The van der Waals surface area contributed by atoms with Gasteiger partial charge in [0, 0.05) is 39.9 Å². The number of nitrogens with zero attached hydrogens (tertiary/aromatic N) is 4. The molecule has 0 radical (unpaired) electrons. The standard InChI is InChI=1S/C18H14F3IN4/c1-3-17(2,19)16-25-13(8-23)15-9-24-14(10-26(15)16)11-4-6-12(7-5-11)18(20,21)22/h4-7,9-10H,3H2,1-2H3. The summed E-state index contributed by atoms with van der Waals surface area (Å²) in [6.07, 6.45) is 3.20. The molecule has 1 atom stereocenters. The fraction of sp³-hybridized carbons (Fsp3) is 0.278. The maximum absolute atomic E-state index is 14.9. The molecule has 0 bridgehead atoms. The zero-order chi connectivity index (χ0) is 19.1. The molecule has 0 aliphatic rings. The van der Waals surface area contributed by atoms with Crippen LogP contribution in [0.25, 0.3) is 16.8 Å². The third kappa shape index (κ3) is 3.28. The van der Waals surface area contributed by atoms with Crippen molar-refractivity contribution < 1.29 is 13.2 Å². The molecule has 26 heavy (non-hydrogen) atoms. The summed E-state index contributed by atoms with van der Waals surface area (Å²) in [5, 5.41) is 9.23. The van der Waals surface area contributed by atoms with E-state index in [9.17, 15) is 18.4 Å². The fourth-order valence-corrected chi connectivity index (χ4v) is 2.93. The summed E-state index contributed by atoms with van der Waals surface area (Å²) in [6, 6.07) is 7.67. The second-order valence-electron chi connectivity index (χ2n) is 6.05. The molecule has 0 aliphatic carbocycles. The molecule has 0 aliphatic heterocycles. The van der Waals surface area contributed by atoms with E-state index in [1.165, 1.54) is 41.8 Å². The molecular weight excluding hydrogens is 456 g/mol. The van der Waals surface area contributed by atoms with Crippen LogP contribution in [-0.2, 0) is 9.60 Å². The molecular formula is C18H14F3IN4. The van der Waals surface area contributed by atoms with Crippen molar-refractivity contribution in [1.29, 1.82) is 5.26 Å². The van der Waals surface area contributed by atoms with E-state index in [-0.39, 0.29) is 23.5 Å². The van der Waals surface area contributed by atoms with E-state index in [2.05, 4.69) is 9.97 Å². The van der Waals surface area contributed by atoms with E-state index < -0.39 is 9.60 Å². The Labute approximate surface area is 161 Å². The first kappa shape index (κ1) is 18.6. The highest BCUT2D eigenvalue weighted by atomic mass is 127. The van der Waals surface area contributed by atoms with Crippen LogP contribution in [0.2, 0.25) is 0 Å². The summed E-state index contributed by atoms with van der Waals surface area (Å²) in [5.74, 6) is 0.116. The van der Waals surface area contributed by atoms with Gasteiger partial charge in [-0.25, -0.2) is 9.37 Å². The number of hydrogen-bond donors (Lipinski definition) is 0. The van der Waals surface area contributed by atoms with Gasteiger partial charge in [-0.15, -0.1) is 0 Å². The number of aromatic nitrogens is 3. The third-order valence-electron chi connectivity index (χ3n) is 4.27. The maximum atomic E-state index is 14.9. The van der Waals surface area contributed by atoms with E-state index >= 15 is 0 Å². The van der Waals surface area contributed by atoms with Gasteiger partial charge in [0.05, 0.1) is 11.9 Å². The fourth-order valence-electron chi connectivity index (χ4n) is 2.57. The van der Waals surface area contributed by atoms with Gasteiger partial charge in [0.25, 0.3) is 0 Å². The molecule has 1 unspecified atom stereocenters. The Morgan fingerprint density at radius 1 is 1.23 bits per heavy atom. The SMILES string of the molecule is CCC(C)(F)c1nc(C#N)c2cnc(-c3ccc(C(F)(F)I)cc3)cn12. The lowest BCUT2D eigenvalue weighted by molar-refractivity contribution is 0.127. The molecule has 0 spiro atoms. The topological polar surface area (TPSA) is 54.0 Å². The van der Waals surface area contributed by atoms with Crippen molar-refractivity contribution in [3.63, 3.8) is 0 Å². The van der Waals surface area contributed by atoms with Crippen molar-refractivity contribution in [3.8, 4) is 17.3 Å². The van der Waals surface area contributed by atoms with E-state index in [1.807, 2.05) is 6.07 Å². The smallest absolute Gasteiger partial charge is 0.296 e. The lowest BCUT2D eigenvalue weighted by Crippen LogP contribution is -2.18. The van der Waals surface area contributed by atoms with Crippen molar-refractivity contribution in [2.24, 2.45) is 0 Å². The molecule has 0 saturated carbocycles. The molecule has 3 rings (SSSR count). The van der Waals surface area contributed by atoms with Crippen LogP contribution >= 0.6 is 22.6 Å². The first-order valence-corrected chi connectivity index (χ1v) is 8.90. The van der Waals surface area contributed by atoms with Gasteiger partial charge in [-0.1, -0.05) is 31.2 Å². The summed E-state index contributed by atoms with van der Waals surface area (Å²) >= 11 is 1.07. The number of imidazole rings is 1. The Hall–Kier alpha value is -2.15. The first-order valence-electron chi connectivity index (χ1n) is 7.82. The molecule has 0 fully saturated rings. The number of benzene rings is 1. The van der Waals surface area contributed by atoms with Crippen LogP contribution < -0.4 is 0 Å². The van der Waals surface area contributed by atoms with Gasteiger partial charge in [-0.05, 0) is 13.3 Å². The third-order valence-corrected chi connectivity index (χ3v) is 4.89. The molecule has 134 valence electrons. The first-order chi connectivity index (χ1) is 12.2. The van der Waals surface area contributed by atoms with E-state index in [4.69, 9.17) is 0 Å². The zero-order valence-corrected chi connectivity index (χ0v) is 16.1. The van der Waals surface area contributed by atoms with Crippen LogP contribution in [0.4, 0.5) is 13.2 Å². The summed E-state index contributed by atoms with van der Waals surface area (Å²) in [6.45, 7) is 3.10. The van der Waals surface area contributed by atoms with Gasteiger partial charge in [0.15, 0.2) is 17.2 Å². The number of rotatable bonds is 4. The summed E-state index contributed by atoms with van der Waals surface area (Å²) in [5.41, 5.74) is -0.262. The van der Waals surface area contributed by atoms with Gasteiger partial charge in [0.1, 0.15) is 11.6 Å². The maximum Gasteiger partial charge on any atom is 0.321 e. The van der Waals surface area contributed by atoms with Crippen molar-refractivity contribution in [2.75, 3.05) is 0 Å². The minimum atomic E-state index is -2.95. The molecule has 1 aromatic carbocycles. The largest absolute Gasteiger partial charge is 0.321 e. The lowest BCUT2D eigenvalue weighted by Gasteiger charge is -2.17. The molecule has 0 amide bonds. The number of alkyl halides is 4. The van der Waals surface area contributed by atoms with Crippen LogP contribution in [0.15, 0.2) is 36.7 Å². The Balaban J connectivity index is 2.15. The second kappa shape index (κ2) is 6.54. The molecule has 0 N–H and O–H groups in total. The Kier molecular flexibility index (Phi) is 4.69. The van der Waals surface area contributed by atoms with Gasteiger partial charge in [-0.3, -0.25) is 9.38 Å². The Morgan fingerprint density at radius 3 is 2.42 bits per heavy atom. The van der Waals surface area contributed by atoms with Crippen molar-refractivity contribution in [3.05, 3.63) is 53.7 Å². The zero-order valence-electron chi connectivity index (χ0n) is 14.0. The highest BCUT2D eigenvalue weighted by Crippen LogP contribution is 2.36. The summed E-state index contributed by atoms with van der Waals surface area (Å²) in [4.78, 5) is 8.39. The van der Waals surface area contributed by atoms with Gasteiger partial charge < -0.3 is 0 Å². The minimum absolute atomic E-state index is 0.0938. The average Bonchev–Trinajstić information content (AvgIpc) is 3.00. The molecule has 4 nitrogen and oxygen atoms in total. The van der Waals surface area contributed by atoms with Gasteiger partial charge >= 0.3 is 3.93 Å². The minimum Gasteiger partial charge on any atom is -0.296 e. The van der Waals surface area contributed by atoms with Crippen LogP contribution in [0, 0.1) is 11.3 Å². The quantitative estimate of drug-likeness (QED) is 0.382. The summed E-state index contributed by atoms with van der Waals surface area (Å²) in [7, 11) is 0. The van der Waals surface area contributed by atoms with Gasteiger partial charge in [-0.2, -0.15) is 14.0 Å². The van der Waals surface area contributed by atoms with Crippen LogP contribution in [0.5, 0.6) is 0 Å². The molecule has 8 heteroatoms. The van der Waals surface area contributed by atoms with E-state index in [1.54, 1.807) is 13.1 Å². The van der Waals surface area contributed by atoms with Crippen LogP contribution in [-0.4, -0.2) is 14.4 Å². The molecule has 2 aromatic heterocycles. The van der Waals surface area contributed by atoms with Crippen molar-refractivity contribution >= 4 is 28.1 Å². The van der Waals surface area contributed by atoms with Crippen molar-refractivity contribution in [2.45, 2.75) is 29.9 Å². The Bertz CT molecular complexity index is 998. The molecule has 2 heterocycles. The van der Waals surface area contributed by atoms with Crippen molar-refractivity contribution in [1.82, 2.24) is 14.4 Å². The highest BCUT2D eigenvalue weighted by Gasteiger charge is 2.31. The summed E-state index contributed by atoms with van der Waals surface area (Å²) < 4.78 is 40.1. The number of fused-ring (bicyclic) bond motifs is 1. The normalized spacial score (nSPS) is 14.2. The highest BCUT2D eigenvalue weighted by molar-refractivity contribution is 14.1. The lowest BCUT2D eigenvalue weighted by atomic mass is 10.1. The number of halogens is 4. The Morgan fingerprint density at radius 2 is 1.88 bits per heavy atom. The molecule has 0 saturated heterocycles. The van der Waals surface area contributed by atoms with Crippen LogP contribution in [0.1, 0.15) is 37.4 Å². The monoisotopic (exact) mass is 470 g/mol.